The first-order valence-corrected chi connectivity index (χ1v) is 4.03. The summed E-state index contributed by atoms with van der Waals surface area (Å²) >= 11 is 0. The normalized spacial score (nSPS) is 10.6. The number of benzene rings is 1. The number of nitrogens with zero attached hydrogens (tertiary/aromatic N) is 1. The summed E-state index contributed by atoms with van der Waals surface area (Å²) in [5.41, 5.74) is 4.92. The van der Waals surface area contributed by atoms with E-state index in [1.807, 2.05) is 0 Å². The Balaban J connectivity index is 2.69. The number of H-pyrrole nitrogens is 1. The molecule has 1 heterocycles. The molecule has 0 fully saturated rings. The van der Waals surface area contributed by atoms with Gasteiger partial charge in [-0.15, -0.1) is 0 Å². The zero-order chi connectivity index (χ0) is 11.0. The molecule has 1 aromatic carbocycles. The van der Waals surface area contributed by atoms with Gasteiger partial charge in [0.25, 0.3) is 0 Å². The van der Waals surface area contributed by atoms with E-state index in [4.69, 9.17) is 5.73 Å². The van der Waals surface area contributed by atoms with Gasteiger partial charge in [-0.3, -0.25) is 5.10 Å². The van der Waals surface area contributed by atoms with Crippen LogP contribution in [0.3, 0.4) is 0 Å². The van der Waals surface area contributed by atoms with Crippen molar-refractivity contribution in [3.05, 3.63) is 35.9 Å². The first-order valence-electron chi connectivity index (χ1n) is 4.03. The predicted octanol–water partition coefficient (Wildman–Crippen LogP) is 2.08. The van der Waals surface area contributed by atoms with Crippen LogP contribution in [0.4, 0.5) is 18.9 Å². The van der Waals surface area contributed by atoms with Gasteiger partial charge in [0.1, 0.15) is 0 Å². The number of rotatable bonds is 1. The highest BCUT2D eigenvalue weighted by Crippen LogP contribution is 2.28. The number of hydrogen-bond acceptors (Lipinski definition) is 2. The summed E-state index contributed by atoms with van der Waals surface area (Å²) in [6, 6.07) is 1.03. The Morgan fingerprint density at radius 2 is 1.87 bits per heavy atom. The SMILES string of the molecule is Nc1cc(-c2cn[nH]c2)c(F)c(F)c1F. The van der Waals surface area contributed by atoms with Crippen LogP contribution in [0.2, 0.25) is 0 Å². The quantitative estimate of drug-likeness (QED) is 0.562. The van der Waals surface area contributed by atoms with Crippen LogP contribution in [-0.4, -0.2) is 10.2 Å². The lowest BCUT2D eigenvalue weighted by atomic mass is 10.1. The topological polar surface area (TPSA) is 54.7 Å². The van der Waals surface area contributed by atoms with Gasteiger partial charge in [-0.05, 0) is 6.07 Å². The van der Waals surface area contributed by atoms with Gasteiger partial charge >= 0.3 is 0 Å². The number of aromatic amines is 1. The van der Waals surface area contributed by atoms with E-state index in [0.29, 0.717) is 5.56 Å². The molecule has 0 aliphatic rings. The molecule has 2 aromatic rings. The Labute approximate surface area is 82.7 Å². The highest BCUT2D eigenvalue weighted by atomic mass is 19.2. The lowest BCUT2D eigenvalue weighted by Crippen LogP contribution is -2.00. The summed E-state index contributed by atoms with van der Waals surface area (Å²) in [5.74, 6) is -4.23. The van der Waals surface area contributed by atoms with E-state index in [1.54, 1.807) is 0 Å². The van der Waals surface area contributed by atoms with E-state index in [0.717, 1.165) is 6.07 Å². The van der Waals surface area contributed by atoms with Crippen molar-refractivity contribution >= 4 is 5.69 Å². The third-order valence-electron chi connectivity index (χ3n) is 1.98. The fourth-order valence-electron chi connectivity index (χ4n) is 1.23. The van der Waals surface area contributed by atoms with E-state index in [1.165, 1.54) is 12.4 Å². The highest BCUT2D eigenvalue weighted by Gasteiger charge is 2.18. The Bertz CT molecular complexity index is 494. The van der Waals surface area contributed by atoms with Crippen molar-refractivity contribution in [3.8, 4) is 11.1 Å². The molecule has 15 heavy (non-hydrogen) atoms. The molecule has 0 saturated carbocycles. The van der Waals surface area contributed by atoms with Gasteiger partial charge in [-0.25, -0.2) is 13.2 Å². The third kappa shape index (κ3) is 1.43. The van der Waals surface area contributed by atoms with E-state index >= 15 is 0 Å². The summed E-state index contributed by atoms with van der Waals surface area (Å²) in [5, 5.41) is 6.01. The monoisotopic (exact) mass is 213 g/mol. The van der Waals surface area contributed by atoms with E-state index < -0.39 is 23.1 Å². The van der Waals surface area contributed by atoms with Crippen molar-refractivity contribution < 1.29 is 13.2 Å². The summed E-state index contributed by atoms with van der Waals surface area (Å²) in [6.07, 6.45) is 2.64. The lowest BCUT2D eigenvalue weighted by molar-refractivity contribution is 0.451. The van der Waals surface area contributed by atoms with Gasteiger partial charge in [0.15, 0.2) is 17.5 Å². The minimum absolute atomic E-state index is 0.125. The molecule has 0 atom stereocenters. The molecule has 0 bridgehead atoms. The molecule has 0 unspecified atom stereocenters. The minimum atomic E-state index is -1.58. The van der Waals surface area contributed by atoms with Crippen LogP contribution in [0.5, 0.6) is 0 Å². The number of hydrogen-bond donors (Lipinski definition) is 2. The number of nitrogens with one attached hydrogen (secondary N) is 1. The molecule has 78 valence electrons. The highest BCUT2D eigenvalue weighted by molar-refractivity contribution is 5.67. The molecule has 3 N–H and O–H groups in total. The predicted molar refractivity (Wildman–Crippen MR) is 48.3 cm³/mol. The van der Waals surface area contributed by atoms with Crippen molar-refractivity contribution in [2.75, 3.05) is 5.73 Å². The standard InChI is InChI=1S/C9H6F3N3/c10-7-5(4-2-14-15-3-4)1-6(13)8(11)9(7)12/h1-3H,13H2,(H,14,15). The summed E-state index contributed by atoms with van der Waals surface area (Å²) in [7, 11) is 0. The number of anilines is 1. The van der Waals surface area contributed by atoms with Crippen molar-refractivity contribution in [1.29, 1.82) is 0 Å². The number of aromatic nitrogens is 2. The number of halogens is 3. The molecular formula is C9H6F3N3. The summed E-state index contributed by atoms with van der Waals surface area (Å²) < 4.78 is 39.1. The number of nitrogen functional groups attached to an aromatic ring is 1. The first kappa shape index (κ1) is 9.57. The largest absolute Gasteiger partial charge is 0.396 e. The van der Waals surface area contributed by atoms with Crippen molar-refractivity contribution in [1.82, 2.24) is 10.2 Å². The molecule has 0 spiro atoms. The molecule has 3 nitrogen and oxygen atoms in total. The fraction of sp³-hybridized carbons (Fsp3) is 0. The van der Waals surface area contributed by atoms with Gasteiger partial charge in [0.2, 0.25) is 0 Å². The van der Waals surface area contributed by atoms with Crippen LogP contribution in [0.1, 0.15) is 0 Å². The molecule has 0 saturated heterocycles. The van der Waals surface area contributed by atoms with Crippen molar-refractivity contribution in [3.63, 3.8) is 0 Å². The van der Waals surface area contributed by atoms with Crippen molar-refractivity contribution in [2.24, 2.45) is 0 Å². The van der Waals surface area contributed by atoms with Crippen LogP contribution >= 0.6 is 0 Å². The zero-order valence-electron chi connectivity index (χ0n) is 7.39. The van der Waals surface area contributed by atoms with Gasteiger partial charge in [0.05, 0.1) is 11.9 Å². The summed E-state index contributed by atoms with van der Waals surface area (Å²) in [6.45, 7) is 0. The molecule has 0 aliphatic heterocycles. The smallest absolute Gasteiger partial charge is 0.197 e. The Hall–Kier alpha value is -1.98. The van der Waals surface area contributed by atoms with E-state index in [2.05, 4.69) is 10.2 Å². The Kier molecular flexibility index (Phi) is 2.11. The summed E-state index contributed by atoms with van der Waals surface area (Å²) in [4.78, 5) is 0. The molecule has 0 amide bonds. The second kappa shape index (κ2) is 3.30. The van der Waals surface area contributed by atoms with Crippen LogP contribution in [0.25, 0.3) is 11.1 Å². The molecule has 1 aromatic heterocycles. The van der Waals surface area contributed by atoms with Crippen LogP contribution in [0, 0.1) is 17.5 Å². The maximum absolute atomic E-state index is 13.3. The van der Waals surface area contributed by atoms with E-state index in [9.17, 15) is 13.2 Å². The van der Waals surface area contributed by atoms with Crippen molar-refractivity contribution in [2.45, 2.75) is 0 Å². The molecule has 0 radical (unpaired) electrons. The number of nitrogens with two attached hydrogens (primary N) is 1. The molecule has 0 aliphatic carbocycles. The van der Waals surface area contributed by atoms with Gasteiger partial charge in [-0.2, -0.15) is 5.10 Å². The Morgan fingerprint density at radius 3 is 2.47 bits per heavy atom. The van der Waals surface area contributed by atoms with Gasteiger partial charge in [0, 0.05) is 17.3 Å². The third-order valence-corrected chi connectivity index (χ3v) is 1.98. The maximum atomic E-state index is 13.3. The second-order valence-electron chi connectivity index (χ2n) is 2.94. The van der Waals surface area contributed by atoms with E-state index in [-0.39, 0.29) is 5.56 Å². The maximum Gasteiger partial charge on any atom is 0.197 e. The van der Waals surface area contributed by atoms with Crippen LogP contribution in [0.15, 0.2) is 18.5 Å². The average Bonchev–Trinajstić information content (AvgIpc) is 2.73. The van der Waals surface area contributed by atoms with Crippen LogP contribution < -0.4 is 5.73 Å². The molecule has 6 heteroatoms. The Morgan fingerprint density at radius 1 is 1.13 bits per heavy atom. The lowest BCUT2D eigenvalue weighted by Gasteiger charge is -2.04. The molecule has 2 rings (SSSR count). The molecular weight excluding hydrogens is 207 g/mol. The first-order chi connectivity index (χ1) is 7.11. The average molecular weight is 213 g/mol. The van der Waals surface area contributed by atoms with Gasteiger partial charge in [-0.1, -0.05) is 0 Å². The van der Waals surface area contributed by atoms with Crippen LogP contribution in [-0.2, 0) is 0 Å². The zero-order valence-corrected chi connectivity index (χ0v) is 7.39. The fourth-order valence-corrected chi connectivity index (χ4v) is 1.23. The second-order valence-corrected chi connectivity index (χ2v) is 2.94. The minimum Gasteiger partial charge on any atom is -0.396 e. The van der Waals surface area contributed by atoms with Gasteiger partial charge < -0.3 is 5.73 Å².